The molecule has 0 unspecified atom stereocenters. The van der Waals surface area contributed by atoms with Crippen LogP contribution in [0.15, 0.2) is 45.3 Å². The average molecular weight is 443 g/mol. The third-order valence-corrected chi connectivity index (χ3v) is 7.18. The van der Waals surface area contributed by atoms with E-state index in [1.165, 1.54) is 23.0 Å². The van der Waals surface area contributed by atoms with Crippen LogP contribution in [0.5, 0.6) is 0 Å². The molecule has 9 heteroatoms. The van der Waals surface area contributed by atoms with E-state index < -0.39 is 0 Å². The molecule has 1 N–H and O–H groups in total. The standard InChI is InChI=1S/C21H19ClN4O3S/c1-24-18-15(20(28)25(2)21(24)29)16(11-6-4-3-5-7-11)26-12(9-27)8-13(17(18)26)19-23-14(22)10-30-19/h3-7,10,12-13,27H,8-9H2,1-2H3/t12-,13+/m1/s1. The van der Waals surface area contributed by atoms with Gasteiger partial charge >= 0.3 is 5.69 Å². The third-order valence-electron chi connectivity index (χ3n) is 5.90. The van der Waals surface area contributed by atoms with Gasteiger partial charge in [-0.1, -0.05) is 41.9 Å². The molecule has 1 aliphatic heterocycles. The zero-order valence-corrected chi connectivity index (χ0v) is 17.9. The summed E-state index contributed by atoms with van der Waals surface area (Å²) >= 11 is 7.54. The van der Waals surface area contributed by atoms with Crippen LogP contribution in [0.25, 0.3) is 22.2 Å². The Bertz CT molecular complexity index is 1400. The van der Waals surface area contributed by atoms with Crippen LogP contribution < -0.4 is 11.2 Å². The number of aromatic nitrogens is 4. The lowest BCUT2D eigenvalue weighted by atomic mass is 10.00. The van der Waals surface area contributed by atoms with Gasteiger partial charge in [0.1, 0.15) is 10.2 Å². The van der Waals surface area contributed by atoms with Crippen LogP contribution in [-0.2, 0) is 14.1 Å². The van der Waals surface area contributed by atoms with Crippen molar-refractivity contribution in [2.75, 3.05) is 6.61 Å². The fourth-order valence-electron chi connectivity index (χ4n) is 4.59. The second-order valence-corrected chi connectivity index (χ2v) is 8.81. The molecule has 0 bridgehead atoms. The van der Waals surface area contributed by atoms with Crippen molar-refractivity contribution < 1.29 is 5.11 Å². The van der Waals surface area contributed by atoms with Gasteiger partial charge in [0.05, 0.1) is 40.9 Å². The van der Waals surface area contributed by atoms with E-state index >= 15 is 0 Å². The van der Waals surface area contributed by atoms with Crippen LogP contribution in [0.4, 0.5) is 0 Å². The molecule has 4 heterocycles. The second kappa shape index (κ2) is 6.94. The van der Waals surface area contributed by atoms with E-state index in [1.54, 1.807) is 12.4 Å². The highest BCUT2D eigenvalue weighted by Gasteiger charge is 2.40. The lowest BCUT2D eigenvalue weighted by molar-refractivity contribution is 0.232. The van der Waals surface area contributed by atoms with Crippen molar-refractivity contribution in [3.8, 4) is 11.3 Å². The molecule has 1 aromatic carbocycles. The van der Waals surface area contributed by atoms with Crippen LogP contribution in [0, 0.1) is 0 Å². The van der Waals surface area contributed by atoms with Crippen LogP contribution in [-0.4, -0.2) is 30.4 Å². The maximum atomic E-state index is 13.3. The summed E-state index contributed by atoms with van der Waals surface area (Å²) in [5, 5.41) is 13.7. The molecule has 0 spiro atoms. The Morgan fingerprint density at radius 1 is 1.20 bits per heavy atom. The molecule has 0 aliphatic carbocycles. The van der Waals surface area contributed by atoms with Crippen molar-refractivity contribution in [1.29, 1.82) is 0 Å². The van der Waals surface area contributed by atoms with Gasteiger partial charge in [0.2, 0.25) is 0 Å². The van der Waals surface area contributed by atoms with Gasteiger partial charge in [0.15, 0.2) is 0 Å². The minimum atomic E-state index is -0.385. The van der Waals surface area contributed by atoms with Crippen molar-refractivity contribution in [1.82, 2.24) is 18.7 Å². The molecule has 0 saturated heterocycles. The van der Waals surface area contributed by atoms with Crippen LogP contribution >= 0.6 is 22.9 Å². The summed E-state index contributed by atoms with van der Waals surface area (Å²) in [6.45, 7) is -0.0856. The first-order chi connectivity index (χ1) is 14.4. The van der Waals surface area contributed by atoms with Gasteiger partial charge in [-0.25, -0.2) is 9.78 Å². The first-order valence-corrected chi connectivity index (χ1v) is 10.8. The summed E-state index contributed by atoms with van der Waals surface area (Å²) in [6.07, 6.45) is 0.620. The van der Waals surface area contributed by atoms with E-state index in [0.29, 0.717) is 22.5 Å². The van der Waals surface area contributed by atoms with Crippen LogP contribution in [0.1, 0.15) is 29.1 Å². The molecule has 0 radical (unpaired) electrons. The van der Waals surface area contributed by atoms with Gasteiger partial charge in [0, 0.05) is 19.5 Å². The average Bonchev–Trinajstić information content (AvgIpc) is 3.44. The number of nitrogens with zero attached hydrogens (tertiary/aromatic N) is 4. The van der Waals surface area contributed by atoms with E-state index in [4.69, 9.17) is 11.6 Å². The molecule has 7 nitrogen and oxygen atoms in total. The lowest BCUT2D eigenvalue weighted by Gasteiger charge is -2.15. The van der Waals surface area contributed by atoms with Crippen LogP contribution in [0.3, 0.4) is 0 Å². The van der Waals surface area contributed by atoms with Crippen molar-refractivity contribution in [3.63, 3.8) is 0 Å². The first kappa shape index (κ1) is 19.3. The summed E-state index contributed by atoms with van der Waals surface area (Å²) in [5.41, 5.74) is 2.27. The zero-order chi connectivity index (χ0) is 21.2. The number of hydrogen-bond acceptors (Lipinski definition) is 5. The summed E-state index contributed by atoms with van der Waals surface area (Å²) in [6, 6.07) is 9.37. The van der Waals surface area contributed by atoms with Gasteiger partial charge in [0.25, 0.3) is 5.56 Å². The van der Waals surface area contributed by atoms with Crippen molar-refractivity contribution >= 4 is 33.8 Å². The maximum absolute atomic E-state index is 13.3. The van der Waals surface area contributed by atoms with Crippen molar-refractivity contribution in [2.24, 2.45) is 14.1 Å². The molecule has 0 amide bonds. The smallest absolute Gasteiger partial charge is 0.331 e. The van der Waals surface area contributed by atoms with Crippen molar-refractivity contribution in [2.45, 2.75) is 18.4 Å². The molecule has 1 aliphatic rings. The quantitative estimate of drug-likeness (QED) is 0.529. The summed E-state index contributed by atoms with van der Waals surface area (Å²) in [7, 11) is 3.17. The highest BCUT2D eigenvalue weighted by molar-refractivity contribution is 7.10. The molecule has 3 aromatic heterocycles. The molecular weight excluding hydrogens is 424 g/mol. The Morgan fingerprint density at radius 3 is 2.57 bits per heavy atom. The van der Waals surface area contributed by atoms with Gasteiger partial charge in [-0.3, -0.25) is 13.9 Å². The Kier molecular flexibility index (Phi) is 4.46. The van der Waals surface area contributed by atoms with Crippen molar-refractivity contribution in [3.05, 3.63) is 72.4 Å². The monoisotopic (exact) mass is 442 g/mol. The molecule has 154 valence electrons. The topological polar surface area (TPSA) is 82.0 Å². The molecular formula is C21H19ClN4O3S. The summed E-state index contributed by atoms with van der Waals surface area (Å²) < 4.78 is 4.69. The van der Waals surface area contributed by atoms with Gasteiger partial charge in [-0.2, -0.15) is 0 Å². The number of thiazole rings is 1. The lowest BCUT2D eigenvalue weighted by Crippen LogP contribution is -2.37. The third kappa shape index (κ3) is 2.57. The Hall–Kier alpha value is -2.68. The van der Waals surface area contributed by atoms with E-state index in [2.05, 4.69) is 4.98 Å². The normalized spacial score (nSPS) is 18.3. The van der Waals surface area contributed by atoms with Gasteiger partial charge in [-0.15, -0.1) is 11.3 Å². The molecule has 0 saturated carbocycles. The second-order valence-electron chi connectivity index (χ2n) is 7.53. The molecule has 0 fully saturated rings. The van der Waals surface area contributed by atoms with Crippen LogP contribution in [0.2, 0.25) is 5.15 Å². The minimum absolute atomic E-state index is 0.0856. The molecule has 4 aromatic rings. The number of halogens is 1. The summed E-state index contributed by atoms with van der Waals surface area (Å²) in [4.78, 5) is 30.5. The number of fused-ring (bicyclic) bond motifs is 3. The Balaban J connectivity index is 1.99. The number of aliphatic hydroxyl groups is 1. The number of aliphatic hydroxyl groups excluding tert-OH is 1. The zero-order valence-electron chi connectivity index (χ0n) is 16.4. The molecule has 5 rings (SSSR count). The number of aryl methyl sites for hydroxylation is 1. The molecule has 30 heavy (non-hydrogen) atoms. The first-order valence-electron chi connectivity index (χ1n) is 9.55. The maximum Gasteiger partial charge on any atom is 0.331 e. The largest absolute Gasteiger partial charge is 0.394 e. The van der Waals surface area contributed by atoms with E-state index in [-0.39, 0.29) is 29.8 Å². The highest BCUT2D eigenvalue weighted by Crippen LogP contribution is 2.49. The van der Waals surface area contributed by atoms with Gasteiger partial charge in [-0.05, 0) is 12.0 Å². The Morgan fingerprint density at radius 2 is 1.93 bits per heavy atom. The number of rotatable bonds is 3. The van der Waals surface area contributed by atoms with Gasteiger partial charge < -0.3 is 9.67 Å². The van der Waals surface area contributed by atoms with E-state index in [9.17, 15) is 14.7 Å². The number of benzene rings is 1. The SMILES string of the molecule is Cn1c(=O)c2c(-c3ccccc3)n3c(c2n(C)c1=O)[C@@H](c1nc(Cl)cs1)C[C@@H]3CO. The number of hydrogen-bond donors (Lipinski definition) is 1. The minimum Gasteiger partial charge on any atom is -0.394 e. The van der Waals surface area contributed by atoms with E-state index in [0.717, 1.165) is 26.5 Å². The summed E-state index contributed by atoms with van der Waals surface area (Å²) in [5.74, 6) is -0.169. The fourth-order valence-corrected chi connectivity index (χ4v) is 5.66. The predicted molar refractivity (Wildman–Crippen MR) is 118 cm³/mol. The van der Waals surface area contributed by atoms with E-state index in [1.807, 2.05) is 34.9 Å². The highest BCUT2D eigenvalue weighted by atomic mass is 35.5. The molecule has 2 atom stereocenters. The Labute approximate surface area is 180 Å². The predicted octanol–water partition coefficient (Wildman–Crippen LogP) is 2.88. The fraction of sp³-hybridized carbons (Fsp3) is 0.286.